The number of imidazole rings is 1. The van der Waals surface area contributed by atoms with Crippen LogP contribution in [-0.2, 0) is 10.2 Å². The Hall–Kier alpha value is -4.44. The molecule has 3 aromatic carbocycles. The first kappa shape index (κ1) is 28.7. The maximum atomic E-state index is 14.0. The van der Waals surface area contributed by atoms with Gasteiger partial charge in [-0.05, 0) is 106 Å². The van der Waals surface area contributed by atoms with Crippen LogP contribution in [0.5, 0.6) is 5.75 Å². The van der Waals surface area contributed by atoms with Gasteiger partial charge in [-0.1, -0.05) is 23.9 Å². The number of nitrogens with one attached hydrogen (secondary N) is 1. The maximum absolute atomic E-state index is 14.0. The zero-order valence-electron chi connectivity index (χ0n) is 24.5. The molecular formula is C33H33FN6O2S. The molecule has 1 saturated carbocycles. The second-order valence-electron chi connectivity index (χ2n) is 11.3. The molecule has 0 saturated heterocycles. The number of benzene rings is 3. The van der Waals surface area contributed by atoms with Crippen molar-refractivity contribution in [2.45, 2.75) is 55.4 Å². The van der Waals surface area contributed by atoms with E-state index in [0.29, 0.717) is 23.8 Å². The van der Waals surface area contributed by atoms with Crippen LogP contribution < -0.4 is 10.1 Å². The third-order valence-electron chi connectivity index (χ3n) is 8.16. The van der Waals surface area contributed by atoms with Crippen LogP contribution in [0.1, 0.15) is 50.3 Å². The summed E-state index contributed by atoms with van der Waals surface area (Å²) in [6.07, 6.45) is 6.02. The lowest BCUT2D eigenvalue weighted by Crippen LogP contribution is -2.46. The molecule has 0 unspecified atom stereocenters. The number of rotatable bonds is 9. The van der Waals surface area contributed by atoms with Crippen molar-refractivity contribution in [1.82, 2.24) is 24.3 Å². The van der Waals surface area contributed by atoms with Crippen molar-refractivity contribution >= 4 is 23.4 Å². The Morgan fingerprint density at radius 1 is 1.02 bits per heavy atom. The van der Waals surface area contributed by atoms with E-state index in [1.807, 2.05) is 70.8 Å². The summed E-state index contributed by atoms with van der Waals surface area (Å²) >= 11 is 1.42. The molecule has 1 aliphatic carbocycles. The lowest BCUT2D eigenvalue weighted by molar-refractivity contribution is -0.120. The van der Waals surface area contributed by atoms with Gasteiger partial charge < -0.3 is 14.6 Å². The average molecular weight is 597 g/mol. The molecule has 8 nitrogen and oxygen atoms in total. The van der Waals surface area contributed by atoms with Gasteiger partial charge in [0, 0.05) is 29.5 Å². The van der Waals surface area contributed by atoms with Gasteiger partial charge in [0.15, 0.2) is 5.16 Å². The minimum absolute atomic E-state index is 0.0717. The predicted octanol–water partition coefficient (Wildman–Crippen LogP) is 6.89. The Balaban J connectivity index is 1.32. The van der Waals surface area contributed by atoms with Crippen molar-refractivity contribution < 1.29 is 13.9 Å². The first-order valence-electron chi connectivity index (χ1n) is 14.2. The first-order chi connectivity index (χ1) is 20.7. The number of thioether (sulfide) groups is 1. The van der Waals surface area contributed by atoms with E-state index in [-0.39, 0.29) is 11.7 Å². The molecule has 0 bridgehead atoms. The molecule has 2 heterocycles. The molecule has 10 heteroatoms. The fourth-order valence-corrected chi connectivity index (χ4v) is 6.70. The summed E-state index contributed by atoms with van der Waals surface area (Å²) < 4.78 is 22.7. The van der Waals surface area contributed by atoms with Crippen molar-refractivity contribution in [1.29, 1.82) is 0 Å². The Morgan fingerprint density at radius 3 is 2.37 bits per heavy atom. The zero-order valence-corrected chi connectivity index (χ0v) is 25.4. The second kappa shape index (κ2) is 11.3. The van der Waals surface area contributed by atoms with E-state index >= 15 is 0 Å². The quantitative estimate of drug-likeness (QED) is 0.199. The normalized spacial score (nSPS) is 14.3. The summed E-state index contributed by atoms with van der Waals surface area (Å²) in [6.45, 7) is 6.09. The fourth-order valence-electron chi connectivity index (χ4n) is 5.35. The molecular weight excluding hydrogens is 563 g/mol. The number of methoxy groups -OCH3 is 1. The smallest absolute Gasteiger partial charge is 0.241 e. The van der Waals surface area contributed by atoms with Crippen LogP contribution in [0.15, 0.2) is 90.3 Å². The Kier molecular flexibility index (Phi) is 7.56. The number of halogens is 1. The van der Waals surface area contributed by atoms with Crippen LogP contribution >= 0.6 is 11.8 Å². The number of hydrogen-bond donors (Lipinski definition) is 1. The molecule has 1 N–H and O–H groups in total. The number of amides is 1. The molecule has 220 valence electrons. The Bertz CT molecular complexity index is 1760. The van der Waals surface area contributed by atoms with Crippen LogP contribution in [0.25, 0.3) is 11.4 Å². The van der Waals surface area contributed by atoms with E-state index in [4.69, 9.17) is 4.74 Å². The maximum Gasteiger partial charge on any atom is 0.241 e. The molecule has 0 atom stereocenters. The van der Waals surface area contributed by atoms with Gasteiger partial charge in [-0.15, -0.1) is 10.2 Å². The predicted molar refractivity (Wildman–Crippen MR) is 166 cm³/mol. The van der Waals surface area contributed by atoms with Crippen LogP contribution in [0.3, 0.4) is 0 Å². The van der Waals surface area contributed by atoms with E-state index in [1.54, 1.807) is 25.4 Å². The SMILES string of the molecule is COc1cccc(C(C)(C)c2nnc(SC3(C(=O)Nc4ccc(-n5ccnc5C)cc4)CCC3)n2-c2ccc(F)cc2)c1. The van der Waals surface area contributed by atoms with E-state index in [0.717, 1.165) is 40.6 Å². The summed E-state index contributed by atoms with van der Waals surface area (Å²) in [5, 5.41) is 13.0. The van der Waals surface area contributed by atoms with Crippen molar-refractivity contribution in [3.63, 3.8) is 0 Å². The lowest BCUT2D eigenvalue weighted by Gasteiger charge is -2.39. The van der Waals surface area contributed by atoms with Gasteiger partial charge in [-0.3, -0.25) is 9.36 Å². The van der Waals surface area contributed by atoms with Gasteiger partial charge in [-0.2, -0.15) is 0 Å². The van der Waals surface area contributed by atoms with Crippen molar-refractivity contribution in [3.05, 3.63) is 108 Å². The van der Waals surface area contributed by atoms with Crippen LogP contribution in [0.2, 0.25) is 0 Å². The monoisotopic (exact) mass is 596 g/mol. The molecule has 0 aliphatic heterocycles. The molecule has 1 aliphatic rings. The van der Waals surface area contributed by atoms with Crippen molar-refractivity contribution in [3.8, 4) is 17.1 Å². The highest BCUT2D eigenvalue weighted by Gasteiger charge is 2.47. The minimum Gasteiger partial charge on any atom is -0.497 e. The largest absolute Gasteiger partial charge is 0.497 e. The van der Waals surface area contributed by atoms with E-state index in [9.17, 15) is 9.18 Å². The van der Waals surface area contributed by atoms with E-state index in [1.165, 1.54) is 23.9 Å². The number of carbonyl (C=O) groups is 1. The second-order valence-corrected chi connectivity index (χ2v) is 12.6. The molecule has 0 radical (unpaired) electrons. The Labute approximate surface area is 254 Å². The highest BCUT2D eigenvalue weighted by Crippen LogP contribution is 2.49. The number of aryl methyl sites for hydroxylation is 1. The standard InChI is InChI=1S/C33H33FN6O2S/c1-22-35-19-20-39(22)26-15-11-25(12-16-26)36-30(41)33(17-6-18-33)43-31-38-37-29(40(31)27-13-9-24(34)10-14-27)32(2,3)23-7-5-8-28(21-23)42-4/h5,7-16,19-21H,6,17-18H2,1-4H3,(H,36,41). The first-order valence-corrected chi connectivity index (χ1v) is 15.0. The molecule has 2 aromatic heterocycles. The van der Waals surface area contributed by atoms with Gasteiger partial charge in [-0.25, -0.2) is 9.37 Å². The summed E-state index contributed by atoms with van der Waals surface area (Å²) in [7, 11) is 1.64. The van der Waals surface area contributed by atoms with Crippen molar-refractivity contribution in [2.24, 2.45) is 0 Å². The van der Waals surface area contributed by atoms with Crippen LogP contribution in [0.4, 0.5) is 10.1 Å². The highest BCUT2D eigenvalue weighted by molar-refractivity contribution is 8.01. The van der Waals surface area contributed by atoms with Gasteiger partial charge >= 0.3 is 0 Å². The summed E-state index contributed by atoms with van der Waals surface area (Å²) in [6, 6.07) is 21.9. The van der Waals surface area contributed by atoms with Gasteiger partial charge in [0.2, 0.25) is 5.91 Å². The van der Waals surface area contributed by atoms with Crippen molar-refractivity contribution in [2.75, 3.05) is 12.4 Å². The number of ether oxygens (including phenoxy) is 1. The summed E-state index contributed by atoms with van der Waals surface area (Å²) in [4.78, 5) is 18.1. The van der Waals surface area contributed by atoms with E-state index < -0.39 is 10.2 Å². The minimum atomic E-state index is -0.707. The topological polar surface area (TPSA) is 86.9 Å². The van der Waals surface area contributed by atoms with Gasteiger partial charge in [0.25, 0.3) is 0 Å². The molecule has 1 amide bonds. The number of aromatic nitrogens is 5. The molecule has 43 heavy (non-hydrogen) atoms. The lowest BCUT2D eigenvalue weighted by atomic mass is 9.83. The van der Waals surface area contributed by atoms with E-state index in [2.05, 4.69) is 34.3 Å². The third-order valence-corrected chi connectivity index (χ3v) is 9.59. The number of anilines is 1. The number of hydrogen-bond acceptors (Lipinski definition) is 6. The van der Waals surface area contributed by atoms with Crippen LogP contribution in [-0.4, -0.2) is 42.1 Å². The van der Waals surface area contributed by atoms with Gasteiger partial charge in [0.05, 0.1) is 12.5 Å². The fraction of sp³-hybridized carbons (Fsp3) is 0.273. The number of carbonyl (C=O) groups excluding carboxylic acids is 1. The van der Waals surface area contributed by atoms with Gasteiger partial charge in [0.1, 0.15) is 28.0 Å². The molecule has 6 rings (SSSR count). The summed E-state index contributed by atoms with van der Waals surface area (Å²) in [5.74, 6) is 1.91. The molecule has 1 fully saturated rings. The zero-order chi connectivity index (χ0) is 30.2. The summed E-state index contributed by atoms with van der Waals surface area (Å²) in [5.41, 5.74) is 2.82. The Morgan fingerprint density at radius 2 is 1.74 bits per heavy atom. The molecule has 5 aromatic rings. The third kappa shape index (κ3) is 5.43. The average Bonchev–Trinajstić information content (AvgIpc) is 3.62. The molecule has 0 spiro atoms. The highest BCUT2D eigenvalue weighted by atomic mass is 32.2. The van der Waals surface area contributed by atoms with Crippen LogP contribution in [0, 0.1) is 12.7 Å². The number of nitrogens with zero attached hydrogens (tertiary/aromatic N) is 5.